The van der Waals surface area contributed by atoms with Crippen molar-refractivity contribution in [1.29, 1.82) is 0 Å². The number of hydrogen-bond acceptors (Lipinski definition) is 2. The summed E-state index contributed by atoms with van der Waals surface area (Å²) in [4.78, 5) is 1.42. The van der Waals surface area contributed by atoms with Crippen molar-refractivity contribution in [1.82, 2.24) is 0 Å². The van der Waals surface area contributed by atoms with E-state index in [0.29, 0.717) is 6.04 Å². The molecule has 1 nitrogen and oxygen atoms in total. The maximum Gasteiger partial charge on any atom is 0.0510 e. The van der Waals surface area contributed by atoms with Crippen LogP contribution in [0.3, 0.4) is 0 Å². The Morgan fingerprint density at radius 3 is 2.93 bits per heavy atom. The third-order valence-electron chi connectivity index (χ3n) is 2.72. The summed E-state index contributed by atoms with van der Waals surface area (Å²) in [6.07, 6.45) is 1.21. The van der Waals surface area contributed by atoms with Crippen molar-refractivity contribution in [3.8, 4) is 0 Å². The van der Waals surface area contributed by atoms with E-state index in [2.05, 4.69) is 38.2 Å². The van der Waals surface area contributed by atoms with Gasteiger partial charge < -0.3 is 5.32 Å². The van der Waals surface area contributed by atoms with Crippen LogP contribution in [0.15, 0.2) is 17.0 Å². The molecule has 0 radical (unpaired) electrons. The monoisotopic (exact) mass is 207 g/mol. The Bertz CT molecular complexity index is 346. The van der Waals surface area contributed by atoms with Gasteiger partial charge in [-0.1, -0.05) is 13.0 Å². The lowest BCUT2D eigenvalue weighted by molar-refractivity contribution is 0.763. The average Bonchev–Trinajstić information content (AvgIpc) is 2.17. The maximum atomic E-state index is 3.62. The molecule has 0 saturated heterocycles. The van der Waals surface area contributed by atoms with Gasteiger partial charge in [0.1, 0.15) is 0 Å². The van der Waals surface area contributed by atoms with Crippen molar-refractivity contribution in [2.45, 2.75) is 38.1 Å². The molecule has 1 heterocycles. The number of fused-ring (bicyclic) bond motifs is 1. The summed E-state index contributed by atoms with van der Waals surface area (Å²) in [6, 6.07) is 5.19. The van der Waals surface area contributed by atoms with Gasteiger partial charge in [0.15, 0.2) is 0 Å². The summed E-state index contributed by atoms with van der Waals surface area (Å²) in [5.41, 5.74) is 4.11. The lowest BCUT2D eigenvalue weighted by Crippen LogP contribution is -2.25. The zero-order chi connectivity index (χ0) is 10.1. The first kappa shape index (κ1) is 9.91. The number of anilines is 1. The van der Waals surface area contributed by atoms with Gasteiger partial charge in [-0.25, -0.2) is 0 Å². The molecule has 14 heavy (non-hydrogen) atoms. The van der Waals surface area contributed by atoms with Crippen molar-refractivity contribution < 1.29 is 0 Å². The van der Waals surface area contributed by atoms with E-state index in [-0.39, 0.29) is 0 Å². The Morgan fingerprint density at radius 1 is 1.43 bits per heavy atom. The molecular formula is C12H17NS. The first-order valence-electron chi connectivity index (χ1n) is 5.21. The first-order valence-corrected chi connectivity index (χ1v) is 6.20. The van der Waals surface area contributed by atoms with Crippen LogP contribution in [0.1, 0.15) is 24.5 Å². The molecule has 0 spiro atoms. The van der Waals surface area contributed by atoms with Crippen LogP contribution in [0.5, 0.6) is 0 Å². The lowest BCUT2D eigenvalue weighted by Gasteiger charge is -2.27. The summed E-state index contributed by atoms with van der Waals surface area (Å²) in [6.45, 7) is 6.60. The van der Waals surface area contributed by atoms with E-state index >= 15 is 0 Å². The van der Waals surface area contributed by atoms with Crippen molar-refractivity contribution in [3.05, 3.63) is 23.3 Å². The molecule has 0 amide bonds. The third-order valence-corrected chi connectivity index (χ3v) is 3.93. The van der Waals surface area contributed by atoms with Crippen LogP contribution >= 0.6 is 11.8 Å². The van der Waals surface area contributed by atoms with Gasteiger partial charge in [0, 0.05) is 16.7 Å². The molecule has 1 N–H and O–H groups in total. The first-order chi connectivity index (χ1) is 6.70. The predicted octanol–water partition coefficient (Wildman–Crippen LogP) is 3.60. The molecule has 1 aromatic carbocycles. The number of aryl methyl sites for hydroxylation is 2. The normalized spacial score (nSPS) is 20.1. The third kappa shape index (κ3) is 1.76. The molecule has 0 aliphatic carbocycles. The van der Waals surface area contributed by atoms with E-state index in [1.807, 2.05) is 11.8 Å². The summed E-state index contributed by atoms with van der Waals surface area (Å²) in [5.74, 6) is 1.20. The molecule has 0 bridgehead atoms. The SMILES string of the molecule is CCC1CSc2cc(C)cc(C)c2N1. The molecule has 1 unspecified atom stereocenters. The number of thioether (sulfide) groups is 1. The van der Waals surface area contributed by atoms with Crippen LogP contribution in [-0.2, 0) is 0 Å². The summed E-state index contributed by atoms with van der Waals surface area (Å²) in [5, 5.41) is 3.62. The second-order valence-corrected chi connectivity index (χ2v) is 5.08. The quantitative estimate of drug-likeness (QED) is 0.755. The highest BCUT2D eigenvalue weighted by Crippen LogP contribution is 2.36. The van der Waals surface area contributed by atoms with Crippen LogP contribution in [0.4, 0.5) is 5.69 Å². The van der Waals surface area contributed by atoms with E-state index in [4.69, 9.17) is 0 Å². The van der Waals surface area contributed by atoms with Crippen molar-refractivity contribution in [2.24, 2.45) is 0 Å². The van der Waals surface area contributed by atoms with Gasteiger partial charge in [-0.2, -0.15) is 0 Å². The van der Waals surface area contributed by atoms with Crippen LogP contribution in [-0.4, -0.2) is 11.8 Å². The van der Waals surface area contributed by atoms with Gasteiger partial charge in [0.2, 0.25) is 0 Å². The van der Waals surface area contributed by atoms with E-state index < -0.39 is 0 Å². The van der Waals surface area contributed by atoms with Crippen LogP contribution in [0.25, 0.3) is 0 Å². The number of benzene rings is 1. The Morgan fingerprint density at radius 2 is 2.21 bits per heavy atom. The van der Waals surface area contributed by atoms with E-state index in [9.17, 15) is 0 Å². The maximum absolute atomic E-state index is 3.62. The fourth-order valence-electron chi connectivity index (χ4n) is 1.88. The minimum Gasteiger partial charge on any atom is -0.380 e. The Labute approximate surface area is 90.3 Å². The summed E-state index contributed by atoms with van der Waals surface area (Å²) < 4.78 is 0. The number of nitrogens with one attached hydrogen (secondary N) is 1. The van der Waals surface area contributed by atoms with E-state index in [0.717, 1.165) is 0 Å². The molecule has 1 aliphatic heterocycles. The van der Waals surface area contributed by atoms with E-state index in [1.54, 1.807) is 0 Å². The lowest BCUT2D eigenvalue weighted by atomic mass is 10.1. The van der Waals surface area contributed by atoms with Gasteiger partial charge in [-0.3, -0.25) is 0 Å². The van der Waals surface area contributed by atoms with Gasteiger partial charge in [0.05, 0.1) is 5.69 Å². The second-order valence-electron chi connectivity index (χ2n) is 4.02. The number of hydrogen-bond donors (Lipinski definition) is 1. The molecule has 76 valence electrons. The number of rotatable bonds is 1. The summed E-state index contributed by atoms with van der Waals surface area (Å²) >= 11 is 1.99. The molecule has 2 heteroatoms. The largest absolute Gasteiger partial charge is 0.380 e. The van der Waals surface area contributed by atoms with Crippen LogP contribution < -0.4 is 5.32 Å². The zero-order valence-electron chi connectivity index (χ0n) is 9.05. The fourth-order valence-corrected chi connectivity index (χ4v) is 3.22. The smallest absolute Gasteiger partial charge is 0.0510 e. The molecule has 1 atom stereocenters. The van der Waals surface area contributed by atoms with Gasteiger partial charge >= 0.3 is 0 Å². The van der Waals surface area contributed by atoms with Crippen molar-refractivity contribution in [2.75, 3.05) is 11.1 Å². The Hall–Kier alpha value is -0.630. The fraction of sp³-hybridized carbons (Fsp3) is 0.500. The van der Waals surface area contributed by atoms with Gasteiger partial charge in [-0.15, -0.1) is 11.8 Å². The molecule has 1 aliphatic rings. The minimum atomic E-state index is 0.647. The highest BCUT2D eigenvalue weighted by molar-refractivity contribution is 7.99. The van der Waals surface area contributed by atoms with Crippen molar-refractivity contribution in [3.63, 3.8) is 0 Å². The Balaban J connectivity index is 2.37. The van der Waals surface area contributed by atoms with Gasteiger partial charge in [0.25, 0.3) is 0 Å². The average molecular weight is 207 g/mol. The topological polar surface area (TPSA) is 12.0 Å². The predicted molar refractivity (Wildman–Crippen MR) is 64.3 cm³/mol. The van der Waals surface area contributed by atoms with Crippen molar-refractivity contribution >= 4 is 17.4 Å². The standard InChI is InChI=1S/C12H17NS/c1-4-10-7-14-11-6-8(2)5-9(3)12(11)13-10/h5-6,10,13H,4,7H2,1-3H3. The van der Waals surface area contributed by atoms with Gasteiger partial charge in [-0.05, 0) is 37.5 Å². The summed E-state index contributed by atoms with van der Waals surface area (Å²) in [7, 11) is 0. The zero-order valence-corrected chi connectivity index (χ0v) is 9.87. The second kappa shape index (κ2) is 3.85. The van der Waals surface area contributed by atoms with Crippen LogP contribution in [0.2, 0.25) is 0 Å². The highest BCUT2D eigenvalue weighted by atomic mass is 32.2. The highest BCUT2D eigenvalue weighted by Gasteiger charge is 2.18. The Kier molecular flexibility index (Phi) is 2.73. The molecule has 0 aromatic heterocycles. The molecule has 2 rings (SSSR count). The molecule has 1 aromatic rings. The molecule has 0 saturated carbocycles. The molecule has 0 fully saturated rings. The van der Waals surface area contributed by atoms with Crippen LogP contribution in [0, 0.1) is 13.8 Å². The minimum absolute atomic E-state index is 0.647. The van der Waals surface area contributed by atoms with E-state index in [1.165, 1.54) is 33.9 Å². The molecular weight excluding hydrogens is 190 g/mol.